The summed E-state index contributed by atoms with van der Waals surface area (Å²) in [5.74, 6) is -2.88. The van der Waals surface area contributed by atoms with E-state index in [1.54, 1.807) is 0 Å². The maximum atomic E-state index is 12.3. The van der Waals surface area contributed by atoms with Crippen LogP contribution in [0.2, 0.25) is 0 Å². The summed E-state index contributed by atoms with van der Waals surface area (Å²) >= 11 is 0. The molecule has 3 N–H and O–H groups in total. The van der Waals surface area contributed by atoms with Crippen molar-refractivity contribution in [3.63, 3.8) is 0 Å². The molecule has 0 radical (unpaired) electrons. The van der Waals surface area contributed by atoms with Crippen LogP contribution in [-0.2, 0) is 4.79 Å². The molecule has 0 bridgehead atoms. The molecule has 0 aromatic heterocycles. The minimum absolute atomic E-state index is 0.218. The Morgan fingerprint density at radius 3 is 2.27 bits per heavy atom. The highest BCUT2D eigenvalue weighted by Gasteiger charge is 2.34. The summed E-state index contributed by atoms with van der Waals surface area (Å²) in [6.45, 7) is 4.91. The van der Waals surface area contributed by atoms with E-state index in [1.807, 2.05) is 0 Å². The third-order valence-electron chi connectivity index (χ3n) is 3.40. The lowest BCUT2D eigenvalue weighted by Gasteiger charge is -2.20. The Kier molecular flexibility index (Phi) is 3.97. The molecule has 1 aromatic carbocycles. The third kappa shape index (κ3) is 2.56. The van der Waals surface area contributed by atoms with Gasteiger partial charge < -0.3 is 15.3 Å². The predicted molar refractivity (Wildman–Crippen MR) is 77.0 cm³/mol. The number of fused-ring (bicyclic) bond motifs is 1. The fourth-order valence-electron chi connectivity index (χ4n) is 2.19. The molecule has 6 nitrogen and oxygen atoms in total. The first-order valence-electron chi connectivity index (χ1n) is 6.46. The van der Waals surface area contributed by atoms with Crippen molar-refractivity contribution in [1.82, 2.24) is 0 Å². The van der Waals surface area contributed by atoms with Crippen molar-refractivity contribution in [2.45, 2.75) is 19.4 Å². The number of aromatic hydroxyl groups is 2. The molecular formula is C16H14O6. The SMILES string of the molecule is C=C(C)C(=O)CC(O)C1=CC(=O)c2c(O)ccc(O)c2C1=O. The summed E-state index contributed by atoms with van der Waals surface area (Å²) in [5.41, 5.74) is -0.764. The number of aliphatic hydroxyl groups is 1. The summed E-state index contributed by atoms with van der Waals surface area (Å²) in [6, 6.07) is 2.17. The standard InChI is InChI=1S/C16H14O6/c1-7(2)11(19)6-12(20)8-5-13(21)14-9(17)3-4-10(18)15(14)16(8)22/h3-5,12,17-18,20H,1,6H2,2H3. The van der Waals surface area contributed by atoms with E-state index in [2.05, 4.69) is 6.58 Å². The topological polar surface area (TPSA) is 112 Å². The van der Waals surface area contributed by atoms with E-state index < -0.39 is 41.4 Å². The molecule has 1 aromatic rings. The van der Waals surface area contributed by atoms with Crippen LogP contribution in [0.25, 0.3) is 0 Å². The van der Waals surface area contributed by atoms with Gasteiger partial charge >= 0.3 is 0 Å². The highest BCUT2D eigenvalue weighted by Crippen LogP contribution is 2.35. The van der Waals surface area contributed by atoms with E-state index in [1.165, 1.54) is 6.92 Å². The van der Waals surface area contributed by atoms with Gasteiger partial charge in [0.2, 0.25) is 0 Å². The Morgan fingerprint density at radius 1 is 1.18 bits per heavy atom. The number of phenolic OH excluding ortho intramolecular Hbond substituents is 2. The van der Waals surface area contributed by atoms with Crippen molar-refractivity contribution in [2.75, 3.05) is 0 Å². The van der Waals surface area contributed by atoms with Crippen LogP contribution in [0.5, 0.6) is 11.5 Å². The van der Waals surface area contributed by atoms with E-state index >= 15 is 0 Å². The molecule has 22 heavy (non-hydrogen) atoms. The maximum absolute atomic E-state index is 12.3. The Hall–Kier alpha value is -2.73. The van der Waals surface area contributed by atoms with Crippen LogP contribution in [0.3, 0.4) is 0 Å². The lowest BCUT2D eigenvalue weighted by Crippen LogP contribution is -2.27. The number of Topliss-reactive ketones (excluding diaryl/α,β-unsaturated/α-hetero) is 2. The van der Waals surface area contributed by atoms with Crippen molar-refractivity contribution in [3.05, 3.63) is 47.1 Å². The normalized spacial score (nSPS) is 15.1. The van der Waals surface area contributed by atoms with Gasteiger partial charge in [-0.1, -0.05) is 6.58 Å². The van der Waals surface area contributed by atoms with Crippen molar-refractivity contribution >= 4 is 17.3 Å². The smallest absolute Gasteiger partial charge is 0.196 e. The lowest BCUT2D eigenvalue weighted by atomic mass is 9.84. The number of hydrogen-bond donors (Lipinski definition) is 3. The van der Waals surface area contributed by atoms with Crippen molar-refractivity contribution in [3.8, 4) is 11.5 Å². The average molecular weight is 302 g/mol. The summed E-state index contributed by atoms with van der Waals surface area (Å²) in [6.07, 6.45) is -1.01. The van der Waals surface area contributed by atoms with Crippen molar-refractivity contribution in [2.24, 2.45) is 0 Å². The summed E-state index contributed by atoms with van der Waals surface area (Å²) in [5, 5.41) is 29.5. The number of aliphatic hydroxyl groups excluding tert-OH is 1. The molecule has 0 spiro atoms. The van der Waals surface area contributed by atoms with Gasteiger partial charge in [-0.05, 0) is 30.7 Å². The zero-order chi connectivity index (χ0) is 16.6. The van der Waals surface area contributed by atoms with Crippen LogP contribution in [0, 0.1) is 0 Å². The van der Waals surface area contributed by atoms with Crippen LogP contribution in [0.4, 0.5) is 0 Å². The minimum atomic E-state index is -1.49. The van der Waals surface area contributed by atoms with E-state index in [0.29, 0.717) is 0 Å². The van der Waals surface area contributed by atoms with E-state index in [-0.39, 0.29) is 22.3 Å². The molecule has 1 unspecified atom stereocenters. The van der Waals surface area contributed by atoms with Crippen molar-refractivity contribution < 1.29 is 29.7 Å². The van der Waals surface area contributed by atoms with Gasteiger partial charge in [0, 0.05) is 12.0 Å². The first-order chi connectivity index (χ1) is 10.2. The quantitative estimate of drug-likeness (QED) is 0.571. The first kappa shape index (κ1) is 15.7. The van der Waals surface area contributed by atoms with Gasteiger partial charge in [-0.15, -0.1) is 0 Å². The Balaban J connectivity index is 2.44. The molecule has 0 saturated carbocycles. The molecule has 6 heteroatoms. The predicted octanol–water partition coefficient (Wildman–Crippen LogP) is 1.30. The van der Waals surface area contributed by atoms with Gasteiger partial charge in [0.05, 0.1) is 17.2 Å². The highest BCUT2D eigenvalue weighted by atomic mass is 16.3. The summed E-state index contributed by atoms with van der Waals surface area (Å²) in [4.78, 5) is 35.9. The first-order valence-corrected chi connectivity index (χ1v) is 6.46. The largest absolute Gasteiger partial charge is 0.507 e. The number of benzene rings is 1. The second kappa shape index (κ2) is 5.57. The Bertz CT molecular complexity index is 741. The molecule has 1 atom stereocenters. The number of hydrogen-bond acceptors (Lipinski definition) is 6. The van der Waals surface area contributed by atoms with Crippen molar-refractivity contribution in [1.29, 1.82) is 0 Å². The fourth-order valence-corrected chi connectivity index (χ4v) is 2.19. The molecule has 0 saturated heterocycles. The second-order valence-electron chi connectivity index (χ2n) is 5.07. The maximum Gasteiger partial charge on any atom is 0.196 e. The highest BCUT2D eigenvalue weighted by molar-refractivity contribution is 6.27. The van der Waals surface area contributed by atoms with Crippen LogP contribution in [-0.4, -0.2) is 38.8 Å². The van der Waals surface area contributed by atoms with Gasteiger partial charge in [-0.2, -0.15) is 0 Å². The fraction of sp³-hybridized carbons (Fsp3) is 0.188. The summed E-state index contributed by atoms with van der Waals surface area (Å²) < 4.78 is 0. The monoisotopic (exact) mass is 302 g/mol. The molecule has 0 aliphatic heterocycles. The number of allylic oxidation sites excluding steroid dienone is 2. The molecule has 0 heterocycles. The van der Waals surface area contributed by atoms with Gasteiger partial charge in [0.1, 0.15) is 11.5 Å². The number of carbonyl (C=O) groups is 3. The van der Waals surface area contributed by atoms with Gasteiger partial charge in [-0.25, -0.2) is 0 Å². The van der Waals surface area contributed by atoms with Gasteiger partial charge in [-0.3, -0.25) is 14.4 Å². The Morgan fingerprint density at radius 2 is 1.73 bits per heavy atom. The molecule has 0 amide bonds. The van der Waals surface area contributed by atoms with Crippen LogP contribution >= 0.6 is 0 Å². The molecule has 0 fully saturated rings. The second-order valence-corrected chi connectivity index (χ2v) is 5.07. The van der Waals surface area contributed by atoms with Gasteiger partial charge in [0.15, 0.2) is 17.3 Å². The zero-order valence-electron chi connectivity index (χ0n) is 11.8. The minimum Gasteiger partial charge on any atom is -0.507 e. The van der Waals surface area contributed by atoms with Crippen LogP contribution < -0.4 is 0 Å². The van der Waals surface area contributed by atoms with Gasteiger partial charge in [0.25, 0.3) is 0 Å². The average Bonchev–Trinajstić information content (AvgIpc) is 2.44. The van der Waals surface area contributed by atoms with E-state index in [0.717, 1.165) is 18.2 Å². The third-order valence-corrected chi connectivity index (χ3v) is 3.40. The molecule has 2 rings (SSSR count). The summed E-state index contributed by atoms with van der Waals surface area (Å²) in [7, 11) is 0. The van der Waals surface area contributed by atoms with E-state index in [9.17, 15) is 29.7 Å². The number of ketones is 3. The molecule has 1 aliphatic carbocycles. The molecule has 1 aliphatic rings. The Labute approximate surface area is 126 Å². The van der Waals surface area contributed by atoms with Crippen LogP contribution in [0.1, 0.15) is 34.1 Å². The zero-order valence-corrected chi connectivity index (χ0v) is 11.8. The lowest BCUT2D eigenvalue weighted by molar-refractivity contribution is -0.116. The molecule has 114 valence electrons. The number of rotatable bonds is 4. The number of carbonyl (C=O) groups excluding carboxylic acids is 3. The number of phenols is 2. The molecular weight excluding hydrogens is 288 g/mol. The van der Waals surface area contributed by atoms with E-state index in [4.69, 9.17) is 0 Å². The van der Waals surface area contributed by atoms with Crippen LogP contribution in [0.15, 0.2) is 35.9 Å².